The van der Waals surface area contributed by atoms with Gasteiger partial charge in [0.15, 0.2) is 0 Å². The number of methoxy groups -OCH3 is 1. The molecule has 1 heterocycles. The largest absolute Gasteiger partial charge is 0.494 e. The zero-order valence-corrected chi connectivity index (χ0v) is 18.3. The first-order valence-corrected chi connectivity index (χ1v) is 10.5. The molecular weight excluding hydrogens is 393 g/mol. The second kappa shape index (κ2) is 12.4. The normalized spacial score (nSPS) is 14.6. The summed E-state index contributed by atoms with van der Waals surface area (Å²) in [4.78, 5) is 16.2. The molecule has 168 valence electrons. The number of amides is 1. The highest BCUT2D eigenvalue weighted by Gasteiger charge is 2.30. The van der Waals surface area contributed by atoms with Crippen LogP contribution in [0.4, 0.5) is 19.0 Å². The third-order valence-electron chi connectivity index (χ3n) is 4.74. The molecule has 0 bridgehead atoms. The van der Waals surface area contributed by atoms with Crippen LogP contribution < -0.4 is 10.1 Å². The fourth-order valence-electron chi connectivity index (χ4n) is 3.04. The predicted octanol–water partition coefficient (Wildman–Crippen LogP) is 6.89. The summed E-state index contributed by atoms with van der Waals surface area (Å²) in [7, 11) is 1.57. The van der Waals surface area contributed by atoms with Crippen molar-refractivity contribution in [3.05, 3.63) is 36.1 Å². The average Bonchev–Trinajstić information content (AvgIpc) is 3.56. The summed E-state index contributed by atoms with van der Waals surface area (Å²) in [5.41, 5.74) is 1.56. The Hall–Kier alpha value is -2.31. The lowest BCUT2D eigenvalue weighted by molar-refractivity contribution is -0.135. The quantitative estimate of drug-likeness (QED) is 0.414. The van der Waals surface area contributed by atoms with E-state index in [1.54, 1.807) is 13.2 Å². The molecule has 4 nitrogen and oxygen atoms in total. The minimum Gasteiger partial charge on any atom is -0.494 e. The van der Waals surface area contributed by atoms with Crippen LogP contribution in [0, 0.1) is 5.92 Å². The van der Waals surface area contributed by atoms with Crippen LogP contribution in [0.1, 0.15) is 76.5 Å². The van der Waals surface area contributed by atoms with Crippen molar-refractivity contribution in [1.82, 2.24) is 4.98 Å². The fraction of sp³-hybridized carbons (Fsp3) is 0.565. The zero-order chi connectivity index (χ0) is 22.7. The molecule has 7 heteroatoms. The number of hydrogen-bond acceptors (Lipinski definition) is 3. The van der Waals surface area contributed by atoms with Gasteiger partial charge in [-0.1, -0.05) is 39.5 Å². The molecule has 1 amide bonds. The first-order valence-electron chi connectivity index (χ1n) is 10.5. The minimum atomic E-state index is -4.12. The van der Waals surface area contributed by atoms with Crippen LogP contribution in [0.2, 0.25) is 0 Å². The highest BCUT2D eigenvalue weighted by molar-refractivity contribution is 5.98. The van der Waals surface area contributed by atoms with Crippen molar-refractivity contribution in [2.75, 3.05) is 12.4 Å². The van der Waals surface area contributed by atoms with E-state index in [2.05, 4.69) is 16.9 Å². The van der Waals surface area contributed by atoms with Crippen LogP contribution in [-0.4, -0.2) is 24.2 Å². The number of anilines is 1. The smallest absolute Gasteiger partial charge is 0.389 e. The molecule has 1 aromatic rings. The van der Waals surface area contributed by atoms with E-state index in [-0.39, 0.29) is 18.2 Å². The maximum atomic E-state index is 12.4. The summed E-state index contributed by atoms with van der Waals surface area (Å²) in [5.74, 6) is 1.05. The second-order valence-corrected chi connectivity index (χ2v) is 7.02. The van der Waals surface area contributed by atoms with Gasteiger partial charge in [-0.05, 0) is 50.2 Å². The van der Waals surface area contributed by atoms with Crippen LogP contribution in [0.25, 0.3) is 6.08 Å². The van der Waals surface area contributed by atoms with Gasteiger partial charge in [-0.15, -0.1) is 0 Å². The molecule has 0 saturated heterocycles. The van der Waals surface area contributed by atoms with Crippen molar-refractivity contribution in [1.29, 1.82) is 0 Å². The van der Waals surface area contributed by atoms with Gasteiger partial charge >= 0.3 is 6.18 Å². The van der Waals surface area contributed by atoms with Crippen molar-refractivity contribution < 1.29 is 22.7 Å². The third-order valence-corrected chi connectivity index (χ3v) is 4.74. The molecule has 1 aliphatic carbocycles. The first-order chi connectivity index (χ1) is 14.3. The van der Waals surface area contributed by atoms with E-state index >= 15 is 0 Å². The first kappa shape index (κ1) is 25.7. The second-order valence-electron chi connectivity index (χ2n) is 7.02. The number of hydrogen-bond donors (Lipinski definition) is 1. The Bertz CT molecular complexity index is 726. The predicted molar refractivity (Wildman–Crippen MR) is 116 cm³/mol. The van der Waals surface area contributed by atoms with Gasteiger partial charge in [0.05, 0.1) is 12.8 Å². The van der Waals surface area contributed by atoms with Gasteiger partial charge < -0.3 is 10.1 Å². The number of alkyl halides is 3. The summed E-state index contributed by atoms with van der Waals surface area (Å²) in [6, 6.07) is 1.71. The number of rotatable bonds is 10. The number of carbonyl (C=O) groups excluding carboxylic acids is 1. The van der Waals surface area contributed by atoms with Gasteiger partial charge in [-0.2, -0.15) is 13.2 Å². The Morgan fingerprint density at radius 2 is 2.07 bits per heavy atom. The van der Waals surface area contributed by atoms with Crippen LogP contribution in [0.3, 0.4) is 0 Å². The molecule has 2 rings (SSSR count). The van der Waals surface area contributed by atoms with E-state index in [1.165, 1.54) is 6.08 Å². The highest BCUT2D eigenvalue weighted by atomic mass is 19.4. The number of nitrogens with zero attached hydrogens (tertiary/aromatic N) is 1. The Morgan fingerprint density at radius 3 is 2.57 bits per heavy atom. The zero-order valence-electron chi connectivity index (χ0n) is 18.3. The van der Waals surface area contributed by atoms with Gasteiger partial charge in [0.1, 0.15) is 11.6 Å². The third kappa shape index (κ3) is 8.59. The van der Waals surface area contributed by atoms with Gasteiger partial charge in [0.25, 0.3) is 0 Å². The number of pyridine rings is 1. The van der Waals surface area contributed by atoms with Crippen molar-refractivity contribution in [3.8, 4) is 5.75 Å². The summed E-state index contributed by atoms with van der Waals surface area (Å²) >= 11 is 0. The molecule has 1 saturated carbocycles. The maximum Gasteiger partial charge on any atom is 0.389 e. The van der Waals surface area contributed by atoms with Gasteiger partial charge in [0.2, 0.25) is 5.91 Å². The number of aromatic nitrogens is 1. The molecule has 0 unspecified atom stereocenters. The molecule has 1 aliphatic rings. The van der Waals surface area contributed by atoms with E-state index in [9.17, 15) is 18.0 Å². The minimum absolute atomic E-state index is 0.0378. The summed E-state index contributed by atoms with van der Waals surface area (Å²) in [6.07, 6.45) is 3.42. The maximum absolute atomic E-state index is 12.4. The lowest BCUT2D eigenvalue weighted by Gasteiger charge is -2.15. The van der Waals surface area contributed by atoms with Crippen molar-refractivity contribution in [2.24, 2.45) is 5.92 Å². The number of halogens is 3. The lowest BCUT2D eigenvalue weighted by atomic mass is 9.97. The molecule has 1 fully saturated rings. The Morgan fingerprint density at radius 1 is 1.40 bits per heavy atom. The number of carbonyl (C=O) groups is 1. The molecule has 30 heavy (non-hydrogen) atoms. The molecule has 0 spiro atoms. The molecule has 0 radical (unpaired) electrons. The molecule has 1 atom stereocenters. The van der Waals surface area contributed by atoms with Crippen molar-refractivity contribution in [2.45, 2.75) is 71.4 Å². The van der Waals surface area contributed by atoms with Crippen molar-refractivity contribution >= 4 is 17.8 Å². The standard InChI is InChI=1S/C21H27F3N2O2.C2H6/c1-4-14(7-6-12-21(22,23)24)8-9-16-13-17(25-18(27)5-2)26-19(15-10-11-15)20(16)28-3;1-2/h5,8-9,13-15H,2,4,6-7,10-12H2,1,3H3,(H,25,26,27);1-2H3/b9-8+;/t14-;/m1./s1. The van der Waals surface area contributed by atoms with E-state index in [0.29, 0.717) is 23.9 Å². The van der Waals surface area contributed by atoms with Crippen LogP contribution in [0.15, 0.2) is 24.8 Å². The molecule has 1 N–H and O–H groups in total. The van der Waals surface area contributed by atoms with E-state index in [0.717, 1.165) is 30.5 Å². The fourth-order valence-corrected chi connectivity index (χ4v) is 3.04. The van der Waals surface area contributed by atoms with E-state index in [4.69, 9.17) is 4.74 Å². The van der Waals surface area contributed by atoms with Crippen LogP contribution in [0.5, 0.6) is 5.75 Å². The SMILES string of the molecule is C=CC(=O)Nc1cc(/C=C/[C@H](CC)CCCC(F)(F)F)c(OC)c(C2CC2)n1.CC. The van der Waals surface area contributed by atoms with Gasteiger partial charge in [0, 0.05) is 17.9 Å². The molecule has 1 aromatic heterocycles. The number of ether oxygens (including phenoxy) is 1. The van der Waals surface area contributed by atoms with Crippen LogP contribution in [-0.2, 0) is 4.79 Å². The topological polar surface area (TPSA) is 51.2 Å². The highest BCUT2D eigenvalue weighted by Crippen LogP contribution is 2.45. The summed E-state index contributed by atoms with van der Waals surface area (Å²) < 4.78 is 42.7. The van der Waals surface area contributed by atoms with E-state index < -0.39 is 12.6 Å². The number of nitrogens with one attached hydrogen (secondary N) is 1. The number of allylic oxidation sites excluding steroid dienone is 1. The Labute approximate surface area is 177 Å². The van der Waals surface area contributed by atoms with Gasteiger partial charge in [-0.3, -0.25) is 4.79 Å². The molecule has 0 aromatic carbocycles. The van der Waals surface area contributed by atoms with Crippen LogP contribution >= 0.6 is 0 Å². The Balaban J connectivity index is 0.00000218. The molecular formula is C23H33F3N2O2. The summed E-state index contributed by atoms with van der Waals surface area (Å²) in [6.45, 7) is 9.40. The Kier molecular flexibility index (Phi) is 10.6. The monoisotopic (exact) mass is 426 g/mol. The lowest BCUT2D eigenvalue weighted by Crippen LogP contribution is -2.11. The summed E-state index contributed by atoms with van der Waals surface area (Å²) in [5, 5.41) is 2.68. The van der Waals surface area contributed by atoms with Gasteiger partial charge in [-0.25, -0.2) is 4.98 Å². The molecule has 0 aliphatic heterocycles. The average molecular weight is 427 g/mol. The van der Waals surface area contributed by atoms with E-state index in [1.807, 2.05) is 32.9 Å². The van der Waals surface area contributed by atoms with Crippen molar-refractivity contribution in [3.63, 3.8) is 0 Å².